The average molecular weight is 367 g/mol. The first-order valence-electron chi connectivity index (χ1n) is 9.33. The van der Waals surface area contributed by atoms with Crippen LogP contribution in [0, 0.1) is 13.8 Å². The molecular formula is C23H30N2O2. The highest BCUT2D eigenvalue weighted by molar-refractivity contribution is 5.95. The Kier molecular flexibility index (Phi) is 6.42. The van der Waals surface area contributed by atoms with Crippen LogP contribution in [0.4, 0.5) is 11.4 Å². The van der Waals surface area contributed by atoms with E-state index < -0.39 is 0 Å². The van der Waals surface area contributed by atoms with Gasteiger partial charge in [0.05, 0.1) is 0 Å². The summed E-state index contributed by atoms with van der Waals surface area (Å²) in [5.41, 5.74) is 5.03. The van der Waals surface area contributed by atoms with Gasteiger partial charge in [-0.3, -0.25) is 9.59 Å². The number of amides is 2. The molecule has 0 spiro atoms. The Labute approximate surface area is 162 Å². The van der Waals surface area contributed by atoms with Crippen LogP contribution >= 0.6 is 0 Å². The van der Waals surface area contributed by atoms with E-state index in [0.717, 1.165) is 22.5 Å². The van der Waals surface area contributed by atoms with Crippen LogP contribution in [0.3, 0.4) is 0 Å². The monoisotopic (exact) mass is 366 g/mol. The fourth-order valence-electron chi connectivity index (χ4n) is 2.91. The third-order valence-corrected chi connectivity index (χ3v) is 4.65. The number of nitrogens with zero attached hydrogens (tertiary/aromatic N) is 1. The summed E-state index contributed by atoms with van der Waals surface area (Å²) in [4.78, 5) is 26.1. The lowest BCUT2D eigenvalue weighted by molar-refractivity contribution is -0.117. The van der Waals surface area contributed by atoms with E-state index in [0.29, 0.717) is 6.54 Å². The molecule has 0 saturated carbocycles. The summed E-state index contributed by atoms with van der Waals surface area (Å²) in [6.45, 7) is 12.3. The molecule has 4 nitrogen and oxygen atoms in total. The number of benzene rings is 2. The molecule has 4 heteroatoms. The van der Waals surface area contributed by atoms with Crippen LogP contribution in [0.5, 0.6) is 0 Å². The van der Waals surface area contributed by atoms with E-state index in [2.05, 4.69) is 26.1 Å². The van der Waals surface area contributed by atoms with Crippen molar-refractivity contribution >= 4 is 23.2 Å². The zero-order chi connectivity index (χ0) is 20.2. The number of rotatable bonds is 5. The normalized spacial score (nSPS) is 11.2. The molecule has 0 aliphatic carbocycles. The van der Waals surface area contributed by atoms with E-state index in [1.165, 1.54) is 12.5 Å². The molecule has 0 atom stereocenters. The van der Waals surface area contributed by atoms with Crippen LogP contribution in [-0.2, 0) is 15.0 Å². The van der Waals surface area contributed by atoms with Gasteiger partial charge < -0.3 is 10.2 Å². The molecule has 2 amide bonds. The highest BCUT2D eigenvalue weighted by Gasteiger charge is 2.17. The predicted molar refractivity (Wildman–Crippen MR) is 112 cm³/mol. The smallest absolute Gasteiger partial charge is 0.226 e. The number of carbonyl (C=O) groups is 2. The van der Waals surface area contributed by atoms with Crippen LogP contribution in [0.2, 0.25) is 0 Å². The Morgan fingerprint density at radius 1 is 1.00 bits per heavy atom. The van der Waals surface area contributed by atoms with Crippen molar-refractivity contribution in [3.63, 3.8) is 0 Å². The van der Waals surface area contributed by atoms with Gasteiger partial charge in [-0.15, -0.1) is 0 Å². The van der Waals surface area contributed by atoms with Crippen molar-refractivity contribution in [3.8, 4) is 0 Å². The van der Waals surface area contributed by atoms with Crippen molar-refractivity contribution in [1.82, 2.24) is 0 Å². The lowest BCUT2D eigenvalue weighted by Gasteiger charge is -2.24. The van der Waals surface area contributed by atoms with Crippen molar-refractivity contribution in [3.05, 3.63) is 59.2 Å². The SMILES string of the molecule is CC(=O)N(CCC(=O)Nc1cc(C)ccc1C)c1ccc(C(C)(C)C)cc1. The van der Waals surface area contributed by atoms with Gasteiger partial charge in [-0.05, 0) is 54.2 Å². The highest BCUT2D eigenvalue weighted by atomic mass is 16.2. The molecule has 27 heavy (non-hydrogen) atoms. The van der Waals surface area contributed by atoms with Gasteiger partial charge in [-0.2, -0.15) is 0 Å². The van der Waals surface area contributed by atoms with E-state index in [1.54, 1.807) is 4.90 Å². The second kappa shape index (κ2) is 8.38. The maximum absolute atomic E-state index is 12.4. The third kappa shape index (κ3) is 5.68. The molecule has 0 aromatic heterocycles. The minimum atomic E-state index is -0.0961. The number of carbonyl (C=O) groups excluding carboxylic acids is 2. The maximum atomic E-state index is 12.4. The molecule has 1 N–H and O–H groups in total. The quantitative estimate of drug-likeness (QED) is 0.811. The van der Waals surface area contributed by atoms with Crippen LogP contribution in [0.1, 0.15) is 50.8 Å². The Morgan fingerprint density at radius 3 is 2.19 bits per heavy atom. The van der Waals surface area contributed by atoms with Crippen LogP contribution in [-0.4, -0.2) is 18.4 Å². The Balaban J connectivity index is 2.05. The van der Waals surface area contributed by atoms with Crippen LogP contribution in [0.15, 0.2) is 42.5 Å². The van der Waals surface area contributed by atoms with Crippen molar-refractivity contribution in [2.45, 2.75) is 53.4 Å². The van der Waals surface area contributed by atoms with E-state index in [-0.39, 0.29) is 23.7 Å². The first kappa shape index (κ1) is 20.7. The number of aryl methyl sites for hydroxylation is 2. The number of hydrogen-bond donors (Lipinski definition) is 1. The summed E-state index contributed by atoms with van der Waals surface area (Å²) in [6.07, 6.45) is 0.244. The van der Waals surface area contributed by atoms with E-state index in [1.807, 2.05) is 56.3 Å². The van der Waals surface area contributed by atoms with Crippen molar-refractivity contribution in [2.24, 2.45) is 0 Å². The van der Waals surface area contributed by atoms with Gasteiger partial charge >= 0.3 is 0 Å². The van der Waals surface area contributed by atoms with E-state index in [4.69, 9.17) is 0 Å². The molecular weight excluding hydrogens is 336 g/mol. The largest absolute Gasteiger partial charge is 0.326 e. The molecule has 2 rings (SSSR count). The van der Waals surface area contributed by atoms with Gasteiger partial charge in [0.2, 0.25) is 11.8 Å². The Hall–Kier alpha value is -2.62. The molecule has 0 unspecified atom stereocenters. The molecule has 0 saturated heterocycles. The van der Waals surface area contributed by atoms with Gasteiger partial charge in [-0.1, -0.05) is 45.0 Å². The number of hydrogen-bond acceptors (Lipinski definition) is 2. The second-order valence-corrected chi connectivity index (χ2v) is 8.08. The zero-order valence-corrected chi connectivity index (χ0v) is 17.2. The fourth-order valence-corrected chi connectivity index (χ4v) is 2.91. The maximum Gasteiger partial charge on any atom is 0.226 e. The van der Waals surface area contributed by atoms with Crippen LogP contribution in [0.25, 0.3) is 0 Å². The molecule has 0 aliphatic heterocycles. The van der Waals surface area contributed by atoms with E-state index in [9.17, 15) is 9.59 Å². The fraction of sp³-hybridized carbons (Fsp3) is 0.391. The summed E-state index contributed by atoms with van der Waals surface area (Å²) in [7, 11) is 0. The van der Waals surface area contributed by atoms with Gasteiger partial charge in [0, 0.05) is 31.3 Å². The molecule has 2 aromatic carbocycles. The van der Waals surface area contributed by atoms with Gasteiger partial charge in [0.15, 0.2) is 0 Å². The van der Waals surface area contributed by atoms with Crippen molar-refractivity contribution in [1.29, 1.82) is 0 Å². The van der Waals surface area contributed by atoms with E-state index >= 15 is 0 Å². The predicted octanol–water partition coefficient (Wildman–Crippen LogP) is 4.98. The number of nitrogens with one attached hydrogen (secondary N) is 1. The summed E-state index contributed by atoms with van der Waals surface area (Å²) < 4.78 is 0. The standard InChI is InChI=1S/C23H30N2O2/c1-16-7-8-17(2)21(15-16)24-22(27)13-14-25(18(3)26)20-11-9-19(10-12-20)23(4,5)6/h7-12,15H,13-14H2,1-6H3,(H,24,27). The van der Waals surface area contributed by atoms with Gasteiger partial charge in [-0.25, -0.2) is 0 Å². The lowest BCUT2D eigenvalue weighted by Crippen LogP contribution is -2.32. The average Bonchev–Trinajstić information content (AvgIpc) is 2.57. The molecule has 0 aliphatic rings. The highest BCUT2D eigenvalue weighted by Crippen LogP contribution is 2.25. The third-order valence-electron chi connectivity index (χ3n) is 4.65. The minimum Gasteiger partial charge on any atom is -0.326 e. The Morgan fingerprint density at radius 2 is 1.63 bits per heavy atom. The summed E-state index contributed by atoms with van der Waals surface area (Å²) in [5.74, 6) is -0.167. The Bertz CT molecular complexity index is 817. The molecule has 0 radical (unpaired) electrons. The minimum absolute atomic E-state index is 0.0607. The first-order valence-corrected chi connectivity index (χ1v) is 9.33. The van der Waals surface area contributed by atoms with Crippen molar-refractivity contribution in [2.75, 3.05) is 16.8 Å². The molecule has 2 aromatic rings. The second-order valence-electron chi connectivity index (χ2n) is 8.08. The molecule has 0 fully saturated rings. The topological polar surface area (TPSA) is 49.4 Å². The zero-order valence-electron chi connectivity index (χ0n) is 17.2. The lowest BCUT2D eigenvalue weighted by atomic mass is 9.87. The summed E-state index contributed by atoms with van der Waals surface area (Å²) in [6, 6.07) is 14.0. The molecule has 0 heterocycles. The van der Waals surface area contributed by atoms with Crippen molar-refractivity contribution < 1.29 is 9.59 Å². The number of anilines is 2. The molecule has 0 bridgehead atoms. The van der Waals surface area contributed by atoms with Crippen LogP contribution < -0.4 is 10.2 Å². The van der Waals surface area contributed by atoms with Gasteiger partial charge in [0.1, 0.15) is 0 Å². The first-order chi connectivity index (χ1) is 12.6. The van der Waals surface area contributed by atoms with Gasteiger partial charge in [0.25, 0.3) is 0 Å². The summed E-state index contributed by atoms with van der Waals surface area (Å²) >= 11 is 0. The molecule has 144 valence electrons. The summed E-state index contributed by atoms with van der Waals surface area (Å²) in [5, 5.41) is 2.95.